The van der Waals surface area contributed by atoms with E-state index >= 15 is 0 Å². The predicted octanol–water partition coefficient (Wildman–Crippen LogP) is 4.06. The fraction of sp³-hybridized carbons (Fsp3) is 0.320. The first-order chi connectivity index (χ1) is 15.7. The molecule has 2 fully saturated rings. The van der Waals surface area contributed by atoms with Gasteiger partial charge in [0.1, 0.15) is 10.0 Å². The van der Waals surface area contributed by atoms with Crippen LogP contribution in [0.4, 0.5) is 5.00 Å². The van der Waals surface area contributed by atoms with Gasteiger partial charge in [-0.25, -0.2) is 4.98 Å². The molecule has 5 rings (SSSR count). The number of carbonyl (C=O) groups is 2. The van der Waals surface area contributed by atoms with E-state index in [9.17, 15) is 9.59 Å². The third-order valence-electron chi connectivity index (χ3n) is 6.40. The number of rotatable bonds is 5. The lowest BCUT2D eigenvalue weighted by Gasteiger charge is -2.39. The highest BCUT2D eigenvalue weighted by Gasteiger charge is 2.41. The number of benzene rings is 2. The first-order valence-corrected chi connectivity index (χ1v) is 11.9. The van der Waals surface area contributed by atoms with Crippen molar-refractivity contribution in [3.8, 4) is 10.6 Å². The zero-order chi connectivity index (χ0) is 21.9. The van der Waals surface area contributed by atoms with Gasteiger partial charge in [-0.1, -0.05) is 72.0 Å². The normalized spacial score (nSPS) is 22.4. The standard InChI is InChI=1S/C25H26N4O2S/c30-23(24(31)28-22-15-26-25(32-22)18-9-5-2-6-10-18)27-19-13-20-11-12-21(14-19)29(20)16-17-7-3-1-4-8-17/h1-10,15,19-21H,11-14,16H2,(H,27,30)(H,28,31). The summed E-state index contributed by atoms with van der Waals surface area (Å²) in [4.78, 5) is 31.9. The summed E-state index contributed by atoms with van der Waals surface area (Å²) in [6.45, 7) is 0.951. The molecule has 0 spiro atoms. The van der Waals surface area contributed by atoms with Crippen molar-refractivity contribution in [3.63, 3.8) is 0 Å². The molecule has 32 heavy (non-hydrogen) atoms. The molecule has 0 aliphatic carbocycles. The number of nitrogens with one attached hydrogen (secondary N) is 2. The zero-order valence-electron chi connectivity index (χ0n) is 17.7. The SMILES string of the molecule is O=C(Nc1cnc(-c2ccccc2)s1)C(=O)NC1CC2CCC(C1)N2Cc1ccccc1. The van der Waals surface area contributed by atoms with E-state index < -0.39 is 11.8 Å². The van der Waals surface area contributed by atoms with Crippen LogP contribution in [0.25, 0.3) is 10.6 Å². The molecule has 2 aromatic carbocycles. The highest BCUT2D eigenvalue weighted by atomic mass is 32.1. The number of nitrogens with zero attached hydrogens (tertiary/aromatic N) is 2. The van der Waals surface area contributed by atoms with Crippen LogP contribution in [0.5, 0.6) is 0 Å². The van der Waals surface area contributed by atoms with Crippen molar-refractivity contribution in [3.05, 3.63) is 72.4 Å². The van der Waals surface area contributed by atoms with Crippen molar-refractivity contribution in [1.82, 2.24) is 15.2 Å². The molecule has 2 amide bonds. The summed E-state index contributed by atoms with van der Waals surface area (Å²) in [7, 11) is 0. The van der Waals surface area contributed by atoms with Gasteiger partial charge in [0.25, 0.3) is 0 Å². The van der Waals surface area contributed by atoms with E-state index in [0.29, 0.717) is 17.1 Å². The Morgan fingerprint density at radius 1 is 0.938 bits per heavy atom. The summed E-state index contributed by atoms with van der Waals surface area (Å²) >= 11 is 1.36. The molecule has 0 radical (unpaired) electrons. The lowest BCUT2D eigenvalue weighted by Crippen LogP contribution is -2.51. The van der Waals surface area contributed by atoms with Gasteiger partial charge in [0.05, 0.1) is 6.20 Å². The Kier molecular flexibility index (Phi) is 6.01. The smallest absolute Gasteiger partial charge is 0.314 e. The Morgan fingerprint density at radius 3 is 2.28 bits per heavy atom. The molecule has 3 aromatic rings. The number of piperidine rings is 1. The molecule has 1 aromatic heterocycles. The molecule has 3 heterocycles. The van der Waals surface area contributed by atoms with E-state index in [1.54, 1.807) is 6.20 Å². The molecule has 2 bridgehead atoms. The molecule has 2 atom stereocenters. The maximum Gasteiger partial charge on any atom is 0.314 e. The molecule has 2 N–H and O–H groups in total. The second-order valence-electron chi connectivity index (χ2n) is 8.53. The number of hydrogen-bond acceptors (Lipinski definition) is 5. The minimum Gasteiger partial charge on any atom is -0.345 e. The van der Waals surface area contributed by atoms with Crippen LogP contribution in [0, 0.1) is 0 Å². The minimum absolute atomic E-state index is 0.0408. The summed E-state index contributed by atoms with van der Waals surface area (Å²) in [5.74, 6) is -1.20. The van der Waals surface area contributed by atoms with Crippen molar-refractivity contribution < 1.29 is 9.59 Å². The summed E-state index contributed by atoms with van der Waals surface area (Å²) in [5, 5.41) is 7.04. The topological polar surface area (TPSA) is 74.3 Å². The Balaban J connectivity index is 1.15. The Labute approximate surface area is 191 Å². The molecule has 2 saturated heterocycles. The number of hydrogen-bond donors (Lipinski definition) is 2. The van der Waals surface area contributed by atoms with Gasteiger partial charge < -0.3 is 10.6 Å². The van der Waals surface area contributed by atoms with E-state index in [1.165, 1.54) is 16.9 Å². The van der Waals surface area contributed by atoms with Crippen molar-refractivity contribution in [2.75, 3.05) is 5.32 Å². The molecule has 6 nitrogen and oxygen atoms in total. The van der Waals surface area contributed by atoms with Crippen LogP contribution in [-0.4, -0.2) is 39.8 Å². The Morgan fingerprint density at radius 2 is 1.59 bits per heavy atom. The van der Waals surface area contributed by atoms with Crippen molar-refractivity contribution >= 4 is 28.2 Å². The van der Waals surface area contributed by atoms with Gasteiger partial charge in [-0.05, 0) is 31.2 Å². The number of thiazole rings is 1. The van der Waals surface area contributed by atoms with Crippen LogP contribution in [0.15, 0.2) is 66.9 Å². The van der Waals surface area contributed by atoms with Crippen molar-refractivity contribution in [2.24, 2.45) is 0 Å². The number of anilines is 1. The highest BCUT2D eigenvalue weighted by Crippen LogP contribution is 2.37. The van der Waals surface area contributed by atoms with Crippen LogP contribution in [0.1, 0.15) is 31.2 Å². The summed E-state index contributed by atoms with van der Waals surface area (Å²) < 4.78 is 0. The zero-order valence-corrected chi connectivity index (χ0v) is 18.6. The van der Waals surface area contributed by atoms with Crippen molar-refractivity contribution in [2.45, 2.75) is 50.4 Å². The van der Waals surface area contributed by atoms with Crippen LogP contribution < -0.4 is 10.6 Å². The summed E-state index contributed by atoms with van der Waals surface area (Å²) in [6.07, 6.45) is 5.68. The van der Waals surface area contributed by atoms with Gasteiger partial charge in [-0.3, -0.25) is 14.5 Å². The van der Waals surface area contributed by atoms with E-state index in [4.69, 9.17) is 0 Å². The molecule has 164 valence electrons. The molecule has 2 unspecified atom stereocenters. The third-order valence-corrected chi connectivity index (χ3v) is 7.36. The summed E-state index contributed by atoms with van der Waals surface area (Å²) in [5.41, 5.74) is 2.31. The largest absolute Gasteiger partial charge is 0.345 e. The first-order valence-electron chi connectivity index (χ1n) is 11.1. The maximum atomic E-state index is 12.5. The summed E-state index contributed by atoms with van der Waals surface area (Å²) in [6, 6.07) is 21.3. The number of carbonyl (C=O) groups excluding carboxylic acids is 2. The lowest BCUT2D eigenvalue weighted by atomic mass is 9.96. The fourth-order valence-electron chi connectivity index (χ4n) is 4.91. The number of fused-ring (bicyclic) bond motifs is 2. The Hall–Kier alpha value is -3.03. The first kappa shape index (κ1) is 20.8. The fourth-order valence-corrected chi connectivity index (χ4v) is 5.73. The van der Waals surface area contributed by atoms with Crippen LogP contribution in [-0.2, 0) is 16.1 Å². The maximum absolute atomic E-state index is 12.5. The van der Waals surface area contributed by atoms with Gasteiger partial charge in [0, 0.05) is 30.2 Å². The van der Waals surface area contributed by atoms with Gasteiger partial charge >= 0.3 is 11.8 Å². The Bertz CT molecular complexity index is 1070. The highest BCUT2D eigenvalue weighted by molar-refractivity contribution is 7.19. The average molecular weight is 447 g/mol. The van der Waals surface area contributed by atoms with Crippen molar-refractivity contribution in [1.29, 1.82) is 0 Å². The van der Waals surface area contributed by atoms with E-state index in [1.807, 2.05) is 36.4 Å². The van der Waals surface area contributed by atoms with Crippen LogP contribution in [0.3, 0.4) is 0 Å². The van der Waals surface area contributed by atoms with Crippen LogP contribution in [0.2, 0.25) is 0 Å². The molecule has 0 saturated carbocycles. The third kappa shape index (κ3) is 4.59. The van der Waals surface area contributed by atoms with Gasteiger partial charge in [-0.2, -0.15) is 0 Å². The number of amides is 2. The molecule has 7 heteroatoms. The monoisotopic (exact) mass is 446 g/mol. The second-order valence-corrected chi connectivity index (χ2v) is 9.57. The van der Waals surface area contributed by atoms with E-state index in [-0.39, 0.29) is 6.04 Å². The van der Waals surface area contributed by atoms with Gasteiger partial charge in [0.15, 0.2) is 0 Å². The molecular weight excluding hydrogens is 420 g/mol. The van der Waals surface area contributed by atoms with E-state index in [0.717, 1.165) is 42.8 Å². The second kappa shape index (κ2) is 9.22. The van der Waals surface area contributed by atoms with Gasteiger partial charge in [-0.15, -0.1) is 0 Å². The number of aromatic nitrogens is 1. The molecular formula is C25H26N4O2S. The van der Waals surface area contributed by atoms with Gasteiger partial charge in [0.2, 0.25) is 0 Å². The average Bonchev–Trinajstić information content (AvgIpc) is 3.36. The van der Waals surface area contributed by atoms with E-state index in [2.05, 4.69) is 44.8 Å². The molecule has 2 aliphatic heterocycles. The predicted molar refractivity (Wildman–Crippen MR) is 126 cm³/mol. The minimum atomic E-state index is -0.632. The lowest BCUT2D eigenvalue weighted by molar-refractivity contribution is -0.136. The van der Waals surface area contributed by atoms with Crippen LogP contribution >= 0.6 is 11.3 Å². The molecule has 2 aliphatic rings. The quantitative estimate of drug-likeness (QED) is 0.580.